The van der Waals surface area contributed by atoms with Crippen molar-refractivity contribution in [1.82, 2.24) is 4.57 Å². The van der Waals surface area contributed by atoms with Gasteiger partial charge in [0.15, 0.2) is 0 Å². The lowest BCUT2D eigenvalue weighted by Crippen LogP contribution is -2.26. The predicted molar refractivity (Wildman–Crippen MR) is 271 cm³/mol. The molecule has 65 heavy (non-hydrogen) atoms. The molecule has 0 saturated carbocycles. The van der Waals surface area contributed by atoms with Crippen LogP contribution in [0.15, 0.2) is 237 Å². The summed E-state index contributed by atoms with van der Waals surface area (Å²) in [6.45, 7) is 0. The molecule has 0 unspecified atom stereocenters. The summed E-state index contributed by atoms with van der Waals surface area (Å²) >= 11 is 0. The molecule has 10 aromatic carbocycles. The van der Waals surface area contributed by atoms with Gasteiger partial charge in [-0.3, -0.25) is 0 Å². The molecule has 0 saturated heterocycles. The smallest absolute Gasteiger partial charge is 0.0782 e. The summed E-state index contributed by atoms with van der Waals surface area (Å²) in [5.74, 6) is 0. The first-order valence-electron chi connectivity index (χ1n) is 22.6. The van der Waals surface area contributed by atoms with Gasteiger partial charge in [0.2, 0.25) is 0 Å². The van der Waals surface area contributed by atoms with Gasteiger partial charge in [-0.25, -0.2) is 0 Å². The first-order valence-corrected chi connectivity index (χ1v) is 22.6. The molecule has 1 aromatic heterocycles. The fraction of sp³-hybridized carbons (Fsp3) is 0.0159. The molecule has 0 amide bonds. The Morgan fingerprint density at radius 2 is 0.908 bits per heavy atom. The van der Waals surface area contributed by atoms with E-state index in [0.717, 1.165) is 22.7 Å². The Morgan fingerprint density at radius 3 is 1.66 bits per heavy atom. The molecule has 3 aliphatic carbocycles. The van der Waals surface area contributed by atoms with Gasteiger partial charge in [-0.1, -0.05) is 194 Å². The molecule has 0 N–H and O–H groups in total. The summed E-state index contributed by atoms with van der Waals surface area (Å²) in [6.07, 6.45) is 2.36. The van der Waals surface area contributed by atoms with Gasteiger partial charge in [0, 0.05) is 27.7 Å². The second-order valence-corrected chi connectivity index (χ2v) is 17.5. The van der Waals surface area contributed by atoms with Crippen LogP contribution in [-0.2, 0) is 5.41 Å². The van der Waals surface area contributed by atoms with E-state index in [4.69, 9.17) is 0 Å². The first-order chi connectivity index (χ1) is 32.3. The van der Waals surface area contributed by atoms with Crippen LogP contribution in [0.25, 0.3) is 72.5 Å². The average Bonchev–Trinajstić information content (AvgIpc) is 4.08. The number of anilines is 3. The normalized spacial score (nSPS) is 14.0. The highest BCUT2D eigenvalue weighted by Gasteiger charge is 2.52. The highest BCUT2D eigenvalue weighted by atomic mass is 15.2. The first kappa shape index (κ1) is 36.1. The Labute approximate surface area is 378 Å². The number of benzene rings is 10. The number of rotatable bonds is 5. The summed E-state index contributed by atoms with van der Waals surface area (Å²) in [7, 11) is 0. The molecule has 0 fully saturated rings. The Morgan fingerprint density at radius 1 is 0.369 bits per heavy atom. The molecule has 0 atom stereocenters. The van der Waals surface area contributed by atoms with Gasteiger partial charge >= 0.3 is 0 Å². The molecular formula is C63H40N2. The minimum atomic E-state index is -0.475. The van der Waals surface area contributed by atoms with E-state index in [1.54, 1.807) is 0 Å². The summed E-state index contributed by atoms with van der Waals surface area (Å²) in [5.41, 5.74) is 24.3. The lowest BCUT2D eigenvalue weighted by Gasteiger charge is -2.32. The lowest BCUT2D eigenvalue weighted by atomic mass is 9.70. The van der Waals surface area contributed by atoms with Gasteiger partial charge in [0.1, 0.15) is 0 Å². The number of hydrogen-bond acceptors (Lipinski definition) is 1. The van der Waals surface area contributed by atoms with E-state index >= 15 is 0 Å². The Hall–Kier alpha value is -8.46. The van der Waals surface area contributed by atoms with Crippen molar-refractivity contribution in [2.24, 2.45) is 0 Å². The maximum absolute atomic E-state index is 2.57. The number of para-hydroxylation sites is 3. The summed E-state index contributed by atoms with van der Waals surface area (Å²) in [5, 5.41) is 2.45. The third-order valence-corrected chi connectivity index (χ3v) is 14.3. The van der Waals surface area contributed by atoms with Crippen LogP contribution in [0.2, 0.25) is 0 Å². The summed E-state index contributed by atoms with van der Waals surface area (Å²) < 4.78 is 2.47. The zero-order valence-corrected chi connectivity index (χ0v) is 35.5. The van der Waals surface area contributed by atoms with Crippen molar-refractivity contribution < 1.29 is 0 Å². The van der Waals surface area contributed by atoms with Crippen molar-refractivity contribution in [3.8, 4) is 39.1 Å². The van der Waals surface area contributed by atoms with Gasteiger partial charge in [0.05, 0.1) is 27.8 Å². The van der Waals surface area contributed by atoms with Gasteiger partial charge in [-0.05, 0) is 121 Å². The summed E-state index contributed by atoms with van der Waals surface area (Å²) in [6, 6.07) is 87.8. The van der Waals surface area contributed by atoms with Crippen LogP contribution in [0, 0.1) is 0 Å². The van der Waals surface area contributed by atoms with Crippen molar-refractivity contribution in [1.29, 1.82) is 0 Å². The molecular weight excluding hydrogens is 785 g/mol. The van der Waals surface area contributed by atoms with Crippen LogP contribution in [0.1, 0.15) is 38.9 Å². The molecule has 302 valence electrons. The van der Waals surface area contributed by atoms with Crippen molar-refractivity contribution in [2.45, 2.75) is 5.41 Å². The standard InChI is InChI=1S/C63H40N2/c1-3-19-41(20-4-1)39-52-45-24-8-7-23-44(45)46-38-37-43(40-53(46)52)64(60-36-17-29-50-49-27-12-16-34-58(49)65(62(50)60)42-21-5-2-6-22-42)59-35-18-33-57-61(59)51-28-11-15-32-56(51)63(57)54-30-13-9-25-47(54)48-26-10-14-31-55(48)63/h1-40H. The third-order valence-electron chi connectivity index (χ3n) is 14.3. The largest absolute Gasteiger partial charge is 0.308 e. The van der Waals surface area contributed by atoms with E-state index in [-0.39, 0.29) is 0 Å². The van der Waals surface area contributed by atoms with E-state index < -0.39 is 5.41 Å². The molecule has 0 aliphatic heterocycles. The molecule has 2 heteroatoms. The quantitative estimate of drug-likeness (QED) is 0.168. The highest BCUT2D eigenvalue weighted by molar-refractivity contribution is 6.16. The van der Waals surface area contributed by atoms with Crippen molar-refractivity contribution >= 4 is 50.5 Å². The van der Waals surface area contributed by atoms with Crippen LogP contribution in [0.3, 0.4) is 0 Å². The fourth-order valence-electron chi connectivity index (χ4n) is 11.8. The van der Waals surface area contributed by atoms with E-state index in [0.29, 0.717) is 0 Å². The summed E-state index contributed by atoms with van der Waals surface area (Å²) in [4.78, 5) is 2.57. The molecule has 14 rings (SSSR count). The maximum atomic E-state index is 2.57. The van der Waals surface area contributed by atoms with E-state index in [2.05, 4.69) is 252 Å². The second-order valence-electron chi connectivity index (χ2n) is 17.5. The number of fused-ring (bicyclic) bond motifs is 16. The van der Waals surface area contributed by atoms with Crippen LogP contribution in [0.5, 0.6) is 0 Å². The topological polar surface area (TPSA) is 8.17 Å². The highest BCUT2D eigenvalue weighted by Crippen LogP contribution is 2.65. The molecule has 0 radical (unpaired) electrons. The van der Waals surface area contributed by atoms with Crippen molar-refractivity contribution in [2.75, 3.05) is 4.90 Å². The SMILES string of the molecule is C(=C1c2ccccc2-c2ccc(N(c3cccc4c3-c3ccccc3C43c4ccccc4-c4ccccc43)c3cccc4c5ccccc5n(-c5ccccc5)c34)cc21)c1ccccc1. The van der Waals surface area contributed by atoms with E-state index in [9.17, 15) is 0 Å². The van der Waals surface area contributed by atoms with Crippen LogP contribution >= 0.6 is 0 Å². The van der Waals surface area contributed by atoms with E-state index in [1.165, 1.54) is 99.7 Å². The third kappa shape index (κ3) is 4.94. The molecule has 2 nitrogen and oxygen atoms in total. The van der Waals surface area contributed by atoms with Gasteiger partial charge < -0.3 is 9.47 Å². The lowest BCUT2D eigenvalue weighted by molar-refractivity contribution is 0.794. The zero-order chi connectivity index (χ0) is 42.6. The Kier molecular flexibility index (Phi) is 7.64. The van der Waals surface area contributed by atoms with Crippen LogP contribution in [0.4, 0.5) is 17.1 Å². The van der Waals surface area contributed by atoms with Gasteiger partial charge in [-0.15, -0.1) is 0 Å². The number of nitrogens with zero attached hydrogens (tertiary/aromatic N) is 2. The maximum Gasteiger partial charge on any atom is 0.0782 e. The number of aromatic nitrogens is 1. The van der Waals surface area contributed by atoms with Crippen molar-refractivity contribution in [3.05, 3.63) is 276 Å². The molecule has 1 spiro atoms. The fourth-order valence-corrected chi connectivity index (χ4v) is 11.8. The molecule has 11 aromatic rings. The number of hydrogen-bond donors (Lipinski definition) is 0. The second kappa shape index (κ2) is 13.8. The van der Waals surface area contributed by atoms with Crippen molar-refractivity contribution in [3.63, 3.8) is 0 Å². The molecule has 0 bridgehead atoms. The van der Waals surface area contributed by atoms with Crippen LogP contribution < -0.4 is 4.90 Å². The van der Waals surface area contributed by atoms with E-state index in [1.807, 2.05) is 0 Å². The van der Waals surface area contributed by atoms with Crippen LogP contribution in [-0.4, -0.2) is 4.57 Å². The minimum absolute atomic E-state index is 0.475. The minimum Gasteiger partial charge on any atom is -0.308 e. The molecule has 3 aliphatic rings. The van der Waals surface area contributed by atoms with Gasteiger partial charge in [0.25, 0.3) is 0 Å². The monoisotopic (exact) mass is 824 g/mol. The zero-order valence-electron chi connectivity index (χ0n) is 35.5. The predicted octanol–water partition coefficient (Wildman–Crippen LogP) is 16.2. The average molecular weight is 825 g/mol. The Balaban J connectivity index is 1.11. The van der Waals surface area contributed by atoms with Gasteiger partial charge in [-0.2, -0.15) is 0 Å². The Bertz CT molecular complexity index is 3730. The molecule has 1 heterocycles.